The maximum absolute atomic E-state index is 13.7. The first-order chi connectivity index (χ1) is 18.3. The highest BCUT2D eigenvalue weighted by Gasteiger charge is 2.39. The summed E-state index contributed by atoms with van der Waals surface area (Å²) in [5, 5.41) is 7.52. The van der Waals surface area contributed by atoms with Crippen LogP contribution in [0.2, 0.25) is 0 Å². The van der Waals surface area contributed by atoms with Gasteiger partial charge in [-0.3, -0.25) is 24.0 Å². The summed E-state index contributed by atoms with van der Waals surface area (Å²) < 4.78 is 15.6. The average Bonchev–Trinajstić information content (AvgIpc) is 3.36. The second-order valence-electron chi connectivity index (χ2n) is 10.1. The Morgan fingerprint density at radius 2 is 1.92 bits per heavy atom. The summed E-state index contributed by atoms with van der Waals surface area (Å²) in [4.78, 5) is 42.7. The Hall–Kier alpha value is -4.01. The maximum Gasteiger partial charge on any atom is 0.263 e. The zero-order valence-corrected chi connectivity index (χ0v) is 21.7. The summed E-state index contributed by atoms with van der Waals surface area (Å²) in [6.45, 7) is 6.48. The lowest BCUT2D eigenvalue weighted by atomic mass is 9.95. The number of aryl methyl sites for hydroxylation is 3. The van der Waals surface area contributed by atoms with Gasteiger partial charge in [-0.05, 0) is 69.0 Å². The fourth-order valence-corrected chi connectivity index (χ4v) is 5.44. The Bertz CT molecular complexity index is 1380. The number of rotatable bonds is 8. The van der Waals surface area contributed by atoms with Crippen molar-refractivity contribution in [3.8, 4) is 0 Å². The van der Waals surface area contributed by atoms with Gasteiger partial charge >= 0.3 is 0 Å². The number of hydrogen-bond donors (Lipinski definition) is 1. The molecule has 0 aliphatic carbocycles. The maximum atomic E-state index is 13.7. The summed E-state index contributed by atoms with van der Waals surface area (Å²) in [7, 11) is 0. The van der Waals surface area contributed by atoms with E-state index >= 15 is 0 Å². The van der Waals surface area contributed by atoms with Crippen molar-refractivity contribution in [2.24, 2.45) is 5.92 Å². The summed E-state index contributed by atoms with van der Waals surface area (Å²) in [5.41, 5.74) is 4.02. The lowest BCUT2D eigenvalue weighted by molar-refractivity contribution is -0.125. The molecule has 1 N–H and O–H groups in total. The fourth-order valence-electron chi connectivity index (χ4n) is 5.44. The third-order valence-electron chi connectivity index (χ3n) is 7.29. The monoisotopic (exact) mass is 517 g/mol. The van der Waals surface area contributed by atoms with Crippen LogP contribution in [0.15, 0.2) is 48.5 Å². The highest BCUT2D eigenvalue weighted by atomic mass is 19.1. The summed E-state index contributed by atoms with van der Waals surface area (Å²) in [6, 6.07) is 13.2. The Morgan fingerprint density at radius 1 is 1.11 bits per heavy atom. The van der Waals surface area contributed by atoms with Crippen molar-refractivity contribution in [2.45, 2.75) is 46.2 Å². The fraction of sp³-hybridized carbons (Fsp3) is 0.379. The van der Waals surface area contributed by atoms with E-state index in [0.717, 1.165) is 37.2 Å². The smallest absolute Gasteiger partial charge is 0.263 e. The van der Waals surface area contributed by atoms with E-state index in [2.05, 4.69) is 10.4 Å². The minimum Gasteiger partial charge on any atom is -0.370 e. The molecule has 38 heavy (non-hydrogen) atoms. The van der Waals surface area contributed by atoms with Crippen molar-refractivity contribution < 1.29 is 18.8 Å². The number of carbonyl (C=O) groups excluding carboxylic acids is 3. The van der Waals surface area contributed by atoms with Gasteiger partial charge in [-0.2, -0.15) is 5.10 Å². The number of amides is 3. The van der Waals surface area contributed by atoms with Crippen LogP contribution in [0.1, 0.15) is 56.9 Å². The normalized spacial score (nSPS) is 17.2. The largest absolute Gasteiger partial charge is 0.370 e. The van der Waals surface area contributed by atoms with Crippen LogP contribution in [0.4, 0.5) is 10.1 Å². The van der Waals surface area contributed by atoms with Gasteiger partial charge < -0.3 is 10.2 Å². The van der Waals surface area contributed by atoms with Crippen LogP contribution in [0.5, 0.6) is 0 Å². The van der Waals surface area contributed by atoms with E-state index in [1.807, 2.05) is 35.6 Å². The summed E-state index contributed by atoms with van der Waals surface area (Å²) in [5.74, 6) is -1.38. The molecule has 1 saturated heterocycles. The van der Waals surface area contributed by atoms with E-state index in [4.69, 9.17) is 0 Å². The summed E-state index contributed by atoms with van der Waals surface area (Å²) in [6.07, 6.45) is 2.37. The molecule has 2 aliphatic heterocycles. The van der Waals surface area contributed by atoms with E-state index in [0.29, 0.717) is 42.0 Å². The number of imide groups is 1. The second-order valence-corrected chi connectivity index (χ2v) is 10.1. The van der Waals surface area contributed by atoms with Crippen molar-refractivity contribution >= 4 is 23.4 Å². The molecule has 1 atom stereocenters. The van der Waals surface area contributed by atoms with Gasteiger partial charge in [0.1, 0.15) is 5.82 Å². The molecule has 0 spiro atoms. The molecule has 0 bridgehead atoms. The number of benzene rings is 2. The first kappa shape index (κ1) is 25.6. The van der Waals surface area contributed by atoms with Crippen LogP contribution in [-0.2, 0) is 17.9 Å². The molecular formula is C29H32FN5O3. The number of anilines is 1. The van der Waals surface area contributed by atoms with Gasteiger partial charge in [-0.25, -0.2) is 4.39 Å². The number of hydrogen-bond acceptors (Lipinski definition) is 5. The molecule has 2 aliphatic rings. The van der Waals surface area contributed by atoms with Crippen LogP contribution in [0.3, 0.4) is 0 Å². The van der Waals surface area contributed by atoms with E-state index in [-0.39, 0.29) is 30.2 Å². The molecule has 198 valence electrons. The predicted molar refractivity (Wildman–Crippen MR) is 141 cm³/mol. The third kappa shape index (κ3) is 5.18. The van der Waals surface area contributed by atoms with Gasteiger partial charge in [0.25, 0.3) is 11.8 Å². The molecule has 3 amide bonds. The second kappa shape index (κ2) is 10.8. The Kier molecular flexibility index (Phi) is 7.26. The molecule has 1 aromatic heterocycles. The lowest BCUT2D eigenvalue weighted by Crippen LogP contribution is -2.44. The van der Waals surface area contributed by atoms with E-state index in [1.54, 1.807) is 24.3 Å². The topological polar surface area (TPSA) is 87.5 Å². The van der Waals surface area contributed by atoms with Gasteiger partial charge in [0.05, 0.1) is 35.0 Å². The Labute approximate surface area is 221 Å². The Balaban J connectivity index is 1.23. The minimum absolute atomic E-state index is 0.00535. The molecule has 1 fully saturated rings. The van der Waals surface area contributed by atoms with Gasteiger partial charge in [0.15, 0.2) is 0 Å². The molecule has 9 heteroatoms. The number of fused-ring (bicyclic) bond motifs is 1. The molecule has 0 saturated carbocycles. The molecule has 0 radical (unpaired) electrons. The van der Waals surface area contributed by atoms with Crippen molar-refractivity contribution in [1.29, 1.82) is 0 Å². The Morgan fingerprint density at radius 3 is 2.68 bits per heavy atom. The number of piperidine rings is 1. The van der Waals surface area contributed by atoms with Crippen molar-refractivity contribution in [2.75, 3.05) is 24.5 Å². The highest BCUT2D eigenvalue weighted by molar-refractivity contribution is 6.23. The van der Waals surface area contributed by atoms with Crippen LogP contribution >= 0.6 is 0 Å². The van der Waals surface area contributed by atoms with Gasteiger partial charge in [-0.15, -0.1) is 0 Å². The van der Waals surface area contributed by atoms with Crippen LogP contribution in [0, 0.1) is 25.6 Å². The van der Waals surface area contributed by atoms with Crippen LogP contribution in [-0.4, -0.2) is 52.0 Å². The lowest BCUT2D eigenvalue weighted by Gasteiger charge is -2.34. The zero-order valence-electron chi connectivity index (χ0n) is 21.7. The number of aromatic nitrogens is 2. The first-order valence-corrected chi connectivity index (χ1v) is 13.1. The quantitative estimate of drug-likeness (QED) is 0.362. The van der Waals surface area contributed by atoms with Crippen molar-refractivity contribution in [3.05, 3.63) is 82.4 Å². The highest BCUT2D eigenvalue weighted by Crippen LogP contribution is 2.34. The average molecular weight is 518 g/mol. The van der Waals surface area contributed by atoms with Gasteiger partial charge in [0.2, 0.25) is 5.91 Å². The van der Waals surface area contributed by atoms with Crippen LogP contribution < -0.4 is 10.2 Å². The predicted octanol–water partition coefficient (Wildman–Crippen LogP) is 3.86. The molecule has 3 heterocycles. The molecule has 5 rings (SSSR count). The molecule has 2 aromatic carbocycles. The zero-order chi connectivity index (χ0) is 26.8. The number of halogens is 1. The number of nitrogens with zero attached hydrogens (tertiary/aromatic N) is 4. The number of carbonyl (C=O) groups is 3. The molecule has 8 nitrogen and oxygen atoms in total. The van der Waals surface area contributed by atoms with Crippen molar-refractivity contribution in [3.63, 3.8) is 0 Å². The number of nitrogens with one attached hydrogen (secondary N) is 1. The van der Waals surface area contributed by atoms with E-state index < -0.39 is 5.82 Å². The summed E-state index contributed by atoms with van der Waals surface area (Å²) >= 11 is 0. The minimum atomic E-state index is -0.413. The third-order valence-corrected chi connectivity index (χ3v) is 7.29. The van der Waals surface area contributed by atoms with E-state index in [1.165, 1.54) is 17.0 Å². The van der Waals surface area contributed by atoms with E-state index in [9.17, 15) is 18.8 Å². The van der Waals surface area contributed by atoms with Gasteiger partial charge in [0, 0.05) is 31.9 Å². The van der Waals surface area contributed by atoms with Gasteiger partial charge in [-0.1, -0.05) is 18.2 Å². The standard InChI is InChI=1S/C29H32FN5O3/c1-19-15-20(2)35(32-19)14-6-12-31-27(36)22-8-5-13-33(18-22)25-11-4-10-24-26(25)29(38)34(28(24)37)17-21-7-3-9-23(30)16-21/h3-4,7,9-11,15-16,22H,5-6,8,12-14,17-18H2,1-2H3,(H,31,36). The SMILES string of the molecule is Cc1cc(C)n(CCCNC(=O)C2CCCN(c3cccc4c3C(=O)N(Cc3cccc(F)c3)C4=O)C2)n1. The van der Waals surface area contributed by atoms with Crippen molar-refractivity contribution in [1.82, 2.24) is 20.0 Å². The molecule has 1 unspecified atom stereocenters. The van der Waals surface area contributed by atoms with Crippen LogP contribution in [0.25, 0.3) is 0 Å². The molecule has 3 aromatic rings. The molecular weight excluding hydrogens is 485 g/mol. The first-order valence-electron chi connectivity index (χ1n) is 13.1.